The first-order chi connectivity index (χ1) is 8.34. The van der Waals surface area contributed by atoms with Crippen molar-refractivity contribution in [2.75, 3.05) is 0 Å². The van der Waals surface area contributed by atoms with Crippen LogP contribution in [-0.2, 0) is 4.79 Å². The van der Waals surface area contributed by atoms with Gasteiger partial charge in [-0.2, -0.15) is 0 Å². The Labute approximate surface area is 98.2 Å². The van der Waals surface area contributed by atoms with E-state index in [0.29, 0.717) is 11.5 Å². The predicted octanol–water partition coefficient (Wildman–Crippen LogP) is 1.90. The lowest BCUT2D eigenvalue weighted by atomic mass is 9.99. The minimum Gasteiger partial charge on any atom is -0.478 e. The predicted molar refractivity (Wildman–Crippen MR) is 60.4 cm³/mol. The van der Waals surface area contributed by atoms with E-state index in [9.17, 15) is 4.79 Å². The Morgan fingerprint density at radius 3 is 2.59 bits per heavy atom. The lowest BCUT2D eigenvalue weighted by molar-refractivity contribution is -0.141. The molecule has 1 aliphatic heterocycles. The van der Waals surface area contributed by atoms with E-state index in [2.05, 4.69) is 5.32 Å². The monoisotopic (exact) mass is 229 g/mol. The molecule has 2 heterocycles. The number of carbonyl (C=O) groups is 1. The summed E-state index contributed by atoms with van der Waals surface area (Å²) in [6.07, 6.45) is 1.07. The third-order valence-corrected chi connectivity index (χ3v) is 2.71. The lowest BCUT2D eigenvalue weighted by Crippen LogP contribution is -2.58. The molecule has 4 nitrogen and oxygen atoms in total. The smallest absolute Gasteiger partial charge is 0.264 e. The van der Waals surface area contributed by atoms with Crippen molar-refractivity contribution < 1.29 is 13.9 Å². The molecule has 1 saturated heterocycles. The van der Waals surface area contributed by atoms with Crippen molar-refractivity contribution in [3.63, 3.8) is 0 Å². The third-order valence-electron chi connectivity index (χ3n) is 2.71. The molecule has 2 aromatic rings. The minimum atomic E-state index is -0.511. The zero-order valence-electron chi connectivity index (χ0n) is 9.00. The van der Waals surface area contributed by atoms with Crippen LogP contribution in [0.25, 0.3) is 0 Å². The number of hydrogen-bond acceptors (Lipinski definition) is 3. The van der Waals surface area contributed by atoms with Crippen molar-refractivity contribution in [3.8, 4) is 5.75 Å². The van der Waals surface area contributed by atoms with Gasteiger partial charge in [0.05, 0.1) is 6.26 Å². The Kier molecular flexibility index (Phi) is 2.33. The molecule has 0 aliphatic carbocycles. The summed E-state index contributed by atoms with van der Waals surface area (Å²) in [6, 6.07) is 12.7. The van der Waals surface area contributed by atoms with E-state index in [1.807, 2.05) is 36.4 Å². The zero-order chi connectivity index (χ0) is 11.7. The summed E-state index contributed by atoms with van der Waals surface area (Å²) in [4.78, 5) is 11.5. The second-order valence-corrected chi connectivity index (χ2v) is 3.85. The fourth-order valence-electron chi connectivity index (χ4n) is 1.82. The number of hydrogen-bond donors (Lipinski definition) is 1. The summed E-state index contributed by atoms with van der Waals surface area (Å²) < 4.78 is 10.9. The molecule has 2 atom stereocenters. The van der Waals surface area contributed by atoms with Crippen LogP contribution in [0.1, 0.15) is 11.8 Å². The van der Waals surface area contributed by atoms with Gasteiger partial charge in [-0.1, -0.05) is 18.2 Å². The normalized spacial score (nSPS) is 22.7. The molecule has 4 heteroatoms. The maximum atomic E-state index is 11.5. The number of amides is 1. The number of rotatable bonds is 3. The third kappa shape index (κ3) is 1.78. The van der Waals surface area contributed by atoms with Crippen molar-refractivity contribution in [2.24, 2.45) is 0 Å². The second kappa shape index (κ2) is 3.97. The number of ether oxygens (including phenoxy) is 1. The quantitative estimate of drug-likeness (QED) is 0.818. The first-order valence-corrected chi connectivity index (χ1v) is 5.40. The molecule has 86 valence electrons. The molecular formula is C13H11NO3. The molecule has 0 radical (unpaired) electrons. The average Bonchev–Trinajstić information content (AvgIpc) is 2.88. The van der Waals surface area contributed by atoms with Gasteiger partial charge in [0.15, 0.2) is 0 Å². The van der Waals surface area contributed by atoms with Crippen molar-refractivity contribution >= 4 is 5.91 Å². The molecular weight excluding hydrogens is 218 g/mol. The summed E-state index contributed by atoms with van der Waals surface area (Å²) in [5, 5.41) is 2.76. The number of benzene rings is 1. The van der Waals surface area contributed by atoms with E-state index in [0.717, 1.165) is 0 Å². The molecule has 1 amide bonds. The second-order valence-electron chi connectivity index (χ2n) is 3.85. The Morgan fingerprint density at radius 1 is 1.12 bits per heavy atom. The van der Waals surface area contributed by atoms with E-state index in [1.54, 1.807) is 12.3 Å². The van der Waals surface area contributed by atoms with Gasteiger partial charge < -0.3 is 14.5 Å². The highest BCUT2D eigenvalue weighted by atomic mass is 16.5. The van der Waals surface area contributed by atoms with Crippen LogP contribution in [0.3, 0.4) is 0 Å². The van der Waals surface area contributed by atoms with Gasteiger partial charge >= 0.3 is 0 Å². The Bertz CT molecular complexity index is 507. The van der Waals surface area contributed by atoms with Gasteiger partial charge in [-0.25, -0.2) is 0 Å². The minimum absolute atomic E-state index is 0.116. The zero-order valence-corrected chi connectivity index (χ0v) is 9.00. The highest BCUT2D eigenvalue weighted by Crippen LogP contribution is 2.28. The van der Waals surface area contributed by atoms with Crippen molar-refractivity contribution in [3.05, 3.63) is 54.5 Å². The molecule has 1 aliphatic rings. The lowest BCUT2D eigenvalue weighted by Gasteiger charge is -2.35. The van der Waals surface area contributed by atoms with Crippen LogP contribution in [0.5, 0.6) is 5.75 Å². The number of para-hydroxylation sites is 1. The van der Waals surface area contributed by atoms with Crippen molar-refractivity contribution in [1.29, 1.82) is 0 Å². The maximum absolute atomic E-state index is 11.5. The summed E-state index contributed by atoms with van der Waals surface area (Å²) >= 11 is 0. The van der Waals surface area contributed by atoms with Crippen molar-refractivity contribution in [1.82, 2.24) is 5.32 Å². The molecule has 1 aromatic heterocycles. The maximum Gasteiger partial charge on any atom is 0.264 e. The highest BCUT2D eigenvalue weighted by molar-refractivity contribution is 5.88. The summed E-state index contributed by atoms with van der Waals surface area (Å²) in [5.41, 5.74) is 0. The standard InChI is InChI=1S/C13H11NO3/c15-13-12(17-9-5-2-1-3-6-9)11(14-13)10-7-4-8-16-10/h1-8,11-12H,(H,14,15)/t11-,12+/m1/s1. The number of β-lactam (4-membered cyclic amide) rings is 1. The van der Waals surface area contributed by atoms with Gasteiger partial charge in [0.1, 0.15) is 17.6 Å². The molecule has 0 spiro atoms. The fraction of sp³-hybridized carbons (Fsp3) is 0.154. The SMILES string of the molecule is O=C1N[C@H](c2ccco2)[C@@H]1Oc1ccccc1. The van der Waals surface area contributed by atoms with E-state index in [-0.39, 0.29) is 11.9 Å². The Morgan fingerprint density at radius 2 is 1.94 bits per heavy atom. The van der Waals surface area contributed by atoms with E-state index < -0.39 is 6.10 Å². The molecule has 0 saturated carbocycles. The van der Waals surface area contributed by atoms with Gasteiger partial charge in [0, 0.05) is 0 Å². The molecule has 1 fully saturated rings. The summed E-state index contributed by atoms with van der Waals surface area (Å²) in [6.45, 7) is 0. The van der Waals surface area contributed by atoms with Crippen LogP contribution in [0.4, 0.5) is 0 Å². The topological polar surface area (TPSA) is 51.5 Å². The number of carbonyl (C=O) groups excluding carboxylic acids is 1. The van der Waals surface area contributed by atoms with Crippen LogP contribution in [-0.4, -0.2) is 12.0 Å². The molecule has 17 heavy (non-hydrogen) atoms. The van der Waals surface area contributed by atoms with Gasteiger partial charge in [-0.05, 0) is 24.3 Å². The highest BCUT2D eigenvalue weighted by Gasteiger charge is 2.44. The van der Waals surface area contributed by atoms with Gasteiger partial charge in [0.2, 0.25) is 6.10 Å². The van der Waals surface area contributed by atoms with Gasteiger partial charge in [-0.15, -0.1) is 0 Å². The Balaban J connectivity index is 1.76. The Hall–Kier alpha value is -2.23. The van der Waals surface area contributed by atoms with Gasteiger partial charge in [0.25, 0.3) is 5.91 Å². The first-order valence-electron chi connectivity index (χ1n) is 5.40. The van der Waals surface area contributed by atoms with Crippen molar-refractivity contribution in [2.45, 2.75) is 12.1 Å². The molecule has 1 N–H and O–H groups in total. The molecule has 3 rings (SSSR count). The van der Waals surface area contributed by atoms with Crippen LogP contribution in [0.15, 0.2) is 53.1 Å². The molecule has 0 bridgehead atoms. The average molecular weight is 229 g/mol. The number of nitrogens with one attached hydrogen (secondary N) is 1. The summed E-state index contributed by atoms with van der Waals surface area (Å²) in [5.74, 6) is 1.28. The van der Waals surface area contributed by atoms with E-state index in [1.165, 1.54) is 0 Å². The molecule has 0 unspecified atom stereocenters. The summed E-state index contributed by atoms with van der Waals surface area (Å²) in [7, 11) is 0. The number of furan rings is 1. The molecule has 1 aromatic carbocycles. The largest absolute Gasteiger partial charge is 0.478 e. The van der Waals surface area contributed by atoms with Crippen LogP contribution >= 0.6 is 0 Å². The van der Waals surface area contributed by atoms with Crippen LogP contribution in [0.2, 0.25) is 0 Å². The van der Waals surface area contributed by atoms with Crippen LogP contribution in [0, 0.1) is 0 Å². The van der Waals surface area contributed by atoms with Gasteiger partial charge in [-0.3, -0.25) is 4.79 Å². The van der Waals surface area contributed by atoms with Crippen LogP contribution < -0.4 is 10.1 Å². The first kappa shape index (κ1) is 9.96. The van der Waals surface area contributed by atoms with E-state index >= 15 is 0 Å². The fourth-order valence-corrected chi connectivity index (χ4v) is 1.82. The van der Waals surface area contributed by atoms with E-state index in [4.69, 9.17) is 9.15 Å².